The van der Waals surface area contributed by atoms with Gasteiger partial charge >= 0.3 is 6.03 Å². The zero-order valence-electron chi connectivity index (χ0n) is 11.4. The molecule has 1 saturated heterocycles. The largest absolute Gasteiger partial charge is 0.328 e. The number of nitrogens with one attached hydrogen (secondary N) is 1. The first-order chi connectivity index (χ1) is 9.59. The lowest BCUT2D eigenvalue weighted by atomic mass is 10.0. The Hall–Kier alpha value is -1.62. The topological polar surface area (TPSA) is 58.4 Å². The van der Waals surface area contributed by atoms with E-state index in [1.807, 2.05) is 4.90 Å². The Bertz CT molecular complexity index is 490. The minimum atomic E-state index is -0.287. The van der Waals surface area contributed by atoms with Crippen molar-refractivity contribution in [3.63, 3.8) is 0 Å². The maximum absolute atomic E-state index is 13.0. The predicted molar refractivity (Wildman–Crippen MR) is 74.6 cm³/mol. The van der Waals surface area contributed by atoms with Gasteiger partial charge in [-0.1, -0.05) is 12.1 Å². The Kier molecular flexibility index (Phi) is 3.38. The quantitative estimate of drug-likeness (QED) is 0.868. The second-order valence-corrected chi connectivity index (χ2v) is 5.84. The van der Waals surface area contributed by atoms with E-state index in [0.29, 0.717) is 13.1 Å². The number of urea groups is 1. The van der Waals surface area contributed by atoms with E-state index < -0.39 is 0 Å². The van der Waals surface area contributed by atoms with Crippen LogP contribution in [0.5, 0.6) is 0 Å². The van der Waals surface area contributed by atoms with Crippen molar-refractivity contribution in [2.75, 3.05) is 13.1 Å². The summed E-state index contributed by atoms with van der Waals surface area (Å²) in [6, 6.07) is 6.59. The van der Waals surface area contributed by atoms with Crippen LogP contribution in [-0.2, 0) is 5.54 Å². The fourth-order valence-electron chi connectivity index (χ4n) is 2.77. The Morgan fingerprint density at radius 1 is 1.25 bits per heavy atom. The summed E-state index contributed by atoms with van der Waals surface area (Å²) in [5.41, 5.74) is 6.55. The van der Waals surface area contributed by atoms with Gasteiger partial charge in [-0.2, -0.15) is 0 Å². The number of hydrogen-bond donors (Lipinski definition) is 2. The van der Waals surface area contributed by atoms with E-state index in [0.717, 1.165) is 31.2 Å². The highest BCUT2D eigenvalue weighted by Gasteiger charge is 2.46. The van der Waals surface area contributed by atoms with Crippen molar-refractivity contribution in [1.82, 2.24) is 10.2 Å². The molecule has 108 valence electrons. The van der Waals surface area contributed by atoms with Crippen LogP contribution in [0.25, 0.3) is 0 Å². The van der Waals surface area contributed by atoms with Crippen molar-refractivity contribution < 1.29 is 9.18 Å². The molecule has 5 heteroatoms. The Labute approximate surface area is 118 Å². The maximum atomic E-state index is 13.0. The van der Waals surface area contributed by atoms with E-state index in [9.17, 15) is 9.18 Å². The highest BCUT2D eigenvalue weighted by Crippen LogP contribution is 2.45. The molecular formula is C15H20FN3O. The minimum absolute atomic E-state index is 0.0290. The van der Waals surface area contributed by atoms with E-state index in [-0.39, 0.29) is 23.4 Å². The van der Waals surface area contributed by atoms with E-state index in [4.69, 9.17) is 5.73 Å². The van der Waals surface area contributed by atoms with Gasteiger partial charge in [0.2, 0.25) is 0 Å². The third-order valence-electron chi connectivity index (χ3n) is 4.32. The molecule has 1 aliphatic carbocycles. The number of likely N-dealkylation sites (tertiary alicyclic amines) is 1. The van der Waals surface area contributed by atoms with Gasteiger partial charge in [0.1, 0.15) is 5.82 Å². The molecule has 2 amide bonds. The number of hydrogen-bond acceptors (Lipinski definition) is 2. The van der Waals surface area contributed by atoms with E-state index >= 15 is 0 Å². The van der Waals surface area contributed by atoms with Crippen molar-refractivity contribution in [2.24, 2.45) is 5.73 Å². The van der Waals surface area contributed by atoms with Gasteiger partial charge in [0, 0.05) is 19.1 Å². The monoisotopic (exact) mass is 277 g/mol. The van der Waals surface area contributed by atoms with Crippen LogP contribution in [0, 0.1) is 5.82 Å². The number of carbonyl (C=O) groups is 1. The Morgan fingerprint density at radius 3 is 2.40 bits per heavy atom. The number of rotatable bonds is 2. The van der Waals surface area contributed by atoms with E-state index in [2.05, 4.69) is 5.32 Å². The summed E-state index contributed by atoms with van der Waals surface area (Å²) >= 11 is 0. The van der Waals surface area contributed by atoms with Crippen LogP contribution in [0.3, 0.4) is 0 Å². The molecule has 3 rings (SSSR count). The summed E-state index contributed by atoms with van der Waals surface area (Å²) in [4.78, 5) is 14.1. The van der Waals surface area contributed by atoms with Gasteiger partial charge in [-0.3, -0.25) is 0 Å². The molecule has 3 N–H and O–H groups in total. The summed E-state index contributed by atoms with van der Waals surface area (Å²) in [6.07, 6.45) is 3.55. The Morgan fingerprint density at radius 2 is 1.85 bits per heavy atom. The summed E-state index contributed by atoms with van der Waals surface area (Å²) in [5, 5.41) is 3.11. The second kappa shape index (κ2) is 5.05. The molecular weight excluding hydrogens is 257 g/mol. The highest BCUT2D eigenvalue weighted by atomic mass is 19.1. The van der Waals surface area contributed by atoms with Crippen LogP contribution in [0.2, 0.25) is 0 Å². The molecule has 0 spiro atoms. The zero-order chi connectivity index (χ0) is 14.2. The lowest BCUT2D eigenvalue weighted by molar-refractivity contribution is 0.176. The first-order valence-corrected chi connectivity index (χ1v) is 7.18. The zero-order valence-corrected chi connectivity index (χ0v) is 11.4. The number of halogens is 1. The second-order valence-electron chi connectivity index (χ2n) is 5.84. The molecule has 2 aliphatic rings. The first-order valence-electron chi connectivity index (χ1n) is 7.18. The number of piperidine rings is 1. The number of nitrogens with zero attached hydrogens (tertiary/aromatic N) is 1. The van der Waals surface area contributed by atoms with Crippen LogP contribution in [0.15, 0.2) is 24.3 Å². The van der Waals surface area contributed by atoms with Gasteiger partial charge < -0.3 is 16.0 Å². The highest BCUT2D eigenvalue weighted by molar-refractivity contribution is 5.76. The number of benzene rings is 1. The molecule has 0 bridgehead atoms. The van der Waals surface area contributed by atoms with Gasteiger partial charge in [0.25, 0.3) is 0 Å². The third kappa shape index (κ3) is 2.63. The fourth-order valence-corrected chi connectivity index (χ4v) is 2.77. The lowest BCUT2D eigenvalue weighted by Gasteiger charge is -2.32. The van der Waals surface area contributed by atoms with Gasteiger partial charge in [-0.25, -0.2) is 9.18 Å². The molecule has 1 aromatic rings. The standard InChI is InChI=1S/C15H20FN3O/c16-12-3-1-11(2-4-12)15(7-8-15)18-14(20)19-9-5-13(17)6-10-19/h1-4,13H,5-10,17H2,(H,18,20). The van der Waals surface area contributed by atoms with Crippen LogP contribution >= 0.6 is 0 Å². The van der Waals surface area contributed by atoms with Crippen LogP contribution in [0.1, 0.15) is 31.2 Å². The van der Waals surface area contributed by atoms with Gasteiger partial charge in [-0.15, -0.1) is 0 Å². The maximum Gasteiger partial charge on any atom is 0.318 e. The number of amides is 2. The SMILES string of the molecule is NC1CCN(C(=O)NC2(c3ccc(F)cc3)CC2)CC1. The molecule has 1 aromatic carbocycles. The lowest BCUT2D eigenvalue weighted by Crippen LogP contribution is -2.49. The Balaban J connectivity index is 1.65. The molecule has 2 fully saturated rings. The summed E-state index contributed by atoms with van der Waals surface area (Å²) in [7, 11) is 0. The molecule has 0 radical (unpaired) electrons. The molecule has 1 saturated carbocycles. The van der Waals surface area contributed by atoms with E-state index in [1.165, 1.54) is 12.1 Å². The number of nitrogens with two attached hydrogens (primary N) is 1. The first kappa shape index (κ1) is 13.4. The van der Waals surface area contributed by atoms with Crippen molar-refractivity contribution in [2.45, 2.75) is 37.3 Å². The molecule has 4 nitrogen and oxygen atoms in total. The predicted octanol–water partition coefficient (Wildman–Crippen LogP) is 1.95. The average Bonchev–Trinajstić information content (AvgIpc) is 3.21. The minimum Gasteiger partial charge on any atom is -0.328 e. The van der Waals surface area contributed by atoms with Gasteiger partial charge in [0.15, 0.2) is 0 Å². The van der Waals surface area contributed by atoms with Crippen molar-refractivity contribution >= 4 is 6.03 Å². The smallest absolute Gasteiger partial charge is 0.318 e. The summed E-state index contributed by atoms with van der Waals surface area (Å²) in [6.45, 7) is 1.43. The third-order valence-corrected chi connectivity index (χ3v) is 4.32. The van der Waals surface area contributed by atoms with Crippen LogP contribution in [-0.4, -0.2) is 30.1 Å². The molecule has 1 heterocycles. The van der Waals surface area contributed by atoms with Gasteiger partial charge in [0.05, 0.1) is 5.54 Å². The van der Waals surface area contributed by atoms with Crippen LogP contribution < -0.4 is 11.1 Å². The molecule has 0 atom stereocenters. The summed E-state index contributed by atoms with van der Waals surface area (Å²) in [5.74, 6) is -0.249. The van der Waals surface area contributed by atoms with Crippen molar-refractivity contribution in [1.29, 1.82) is 0 Å². The van der Waals surface area contributed by atoms with Crippen LogP contribution in [0.4, 0.5) is 9.18 Å². The normalized spacial score (nSPS) is 21.6. The molecule has 0 aromatic heterocycles. The molecule has 20 heavy (non-hydrogen) atoms. The van der Waals surface area contributed by atoms with Gasteiger partial charge in [-0.05, 0) is 43.4 Å². The summed E-state index contributed by atoms with van der Waals surface area (Å²) < 4.78 is 13.0. The molecule has 0 unspecified atom stereocenters. The van der Waals surface area contributed by atoms with E-state index in [1.54, 1.807) is 12.1 Å². The number of carbonyl (C=O) groups excluding carboxylic acids is 1. The fraction of sp³-hybridized carbons (Fsp3) is 0.533. The van der Waals surface area contributed by atoms with Crippen molar-refractivity contribution in [3.8, 4) is 0 Å². The molecule has 1 aliphatic heterocycles. The average molecular weight is 277 g/mol. The van der Waals surface area contributed by atoms with Crippen molar-refractivity contribution in [3.05, 3.63) is 35.6 Å².